The molecule has 0 atom stereocenters. The molecule has 0 aliphatic rings. The zero-order valence-electron chi connectivity index (χ0n) is 8.24. The minimum absolute atomic E-state index is 0.148. The number of fused-ring (bicyclic) bond motifs is 1. The lowest BCUT2D eigenvalue weighted by Gasteiger charge is -2.01. The van der Waals surface area contributed by atoms with E-state index in [1.807, 2.05) is 0 Å². The summed E-state index contributed by atoms with van der Waals surface area (Å²) in [5.74, 6) is -1.09. The van der Waals surface area contributed by atoms with E-state index in [0.29, 0.717) is 11.0 Å². The van der Waals surface area contributed by atoms with E-state index in [-0.39, 0.29) is 5.56 Å². The number of halogens is 1. The average Bonchev–Trinajstić information content (AvgIpc) is 2.59. The Balaban J connectivity index is 2.68. The fraction of sp³-hybridized carbons (Fsp3) is 0.200. The fourth-order valence-corrected chi connectivity index (χ4v) is 1.42. The van der Waals surface area contributed by atoms with Gasteiger partial charge in [-0.1, -0.05) is 0 Å². The van der Waals surface area contributed by atoms with Crippen molar-refractivity contribution in [3.8, 4) is 0 Å². The molecule has 1 aromatic heterocycles. The number of carbonyl (C=O) groups is 1. The summed E-state index contributed by atoms with van der Waals surface area (Å²) in [6.45, 7) is 0. The van der Waals surface area contributed by atoms with E-state index < -0.39 is 11.8 Å². The first-order valence-corrected chi connectivity index (χ1v) is 4.25. The number of aryl methyl sites for hydroxylation is 1. The second kappa shape index (κ2) is 3.34. The predicted molar refractivity (Wildman–Crippen MR) is 50.8 cm³/mol. The number of hydrogen-bond donors (Lipinski definition) is 0. The average molecular weight is 207 g/mol. The number of hydrogen-bond acceptors (Lipinski definition) is 3. The van der Waals surface area contributed by atoms with Crippen LogP contribution in [0, 0.1) is 12.1 Å². The van der Waals surface area contributed by atoms with Gasteiger partial charge >= 0.3 is 5.97 Å². The molecular weight excluding hydrogens is 199 g/mol. The van der Waals surface area contributed by atoms with Crippen molar-refractivity contribution in [2.24, 2.45) is 7.05 Å². The summed E-state index contributed by atoms with van der Waals surface area (Å²) in [4.78, 5) is 15.0. The number of carbonyl (C=O) groups excluding carboxylic acids is 1. The molecule has 1 aromatic carbocycles. The van der Waals surface area contributed by atoms with Gasteiger partial charge in [-0.3, -0.25) is 0 Å². The fourth-order valence-electron chi connectivity index (χ4n) is 1.42. The molecule has 5 heteroatoms. The maximum absolute atomic E-state index is 13.5. The Labute approximate surface area is 85.3 Å². The minimum Gasteiger partial charge on any atom is -0.465 e. The monoisotopic (exact) mass is 207 g/mol. The van der Waals surface area contributed by atoms with Gasteiger partial charge < -0.3 is 9.30 Å². The molecule has 0 bridgehead atoms. The topological polar surface area (TPSA) is 44.1 Å². The first-order chi connectivity index (χ1) is 7.13. The van der Waals surface area contributed by atoms with E-state index in [1.165, 1.54) is 17.7 Å². The maximum Gasteiger partial charge on any atom is 0.338 e. The highest BCUT2D eigenvalue weighted by molar-refractivity contribution is 5.93. The van der Waals surface area contributed by atoms with Crippen LogP contribution in [0.4, 0.5) is 4.39 Å². The Hall–Kier alpha value is -1.91. The number of esters is 1. The molecule has 2 rings (SSSR count). The molecule has 15 heavy (non-hydrogen) atoms. The number of nitrogens with zero attached hydrogens (tertiary/aromatic N) is 2. The van der Waals surface area contributed by atoms with Gasteiger partial charge in [-0.25, -0.2) is 14.2 Å². The SMILES string of the molecule is COC(=O)c1cc(F)c2c(c1)n[c]n2C. The van der Waals surface area contributed by atoms with Crippen LogP contribution in [0.5, 0.6) is 0 Å². The molecular formula is C10H8FN2O2. The standard InChI is InChI=1S/C10H8FN2O2/c1-13-5-12-8-4-6(10(14)15-2)3-7(11)9(8)13/h3-4H,1-2H3. The number of aromatic nitrogens is 2. The molecule has 0 unspecified atom stereocenters. The molecule has 0 spiro atoms. The van der Waals surface area contributed by atoms with Crippen LogP contribution < -0.4 is 0 Å². The van der Waals surface area contributed by atoms with Crippen LogP contribution in [0.15, 0.2) is 12.1 Å². The van der Waals surface area contributed by atoms with Crippen LogP contribution in [-0.2, 0) is 11.8 Å². The van der Waals surface area contributed by atoms with E-state index in [0.717, 1.165) is 6.07 Å². The van der Waals surface area contributed by atoms with Crippen LogP contribution in [0.2, 0.25) is 0 Å². The van der Waals surface area contributed by atoms with E-state index in [9.17, 15) is 9.18 Å². The van der Waals surface area contributed by atoms with Gasteiger partial charge in [-0.15, -0.1) is 0 Å². The highest BCUT2D eigenvalue weighted by Crippen LogP contribution is 2.18. The van der Waals surface area contributed by atoms with Gasteiger partial charge in [0.2, 0.25) is 0 Å². The third-order valence-corrected chi connectivity index (χ3v) is 2.12. The van der Waals surface area contributed by atoms with Gasteiger partial charge in [0.05, 0.1) is 18.2 Å². The largest absolute Gasteiger partial charge is 0.465 e. The molecule has 0 N–H and O–H groups in total. The van der Waals surface area contributed by atoms with Crippen LogP contribution in [0.25, 0.3) is 11.0 Å². The molecule has 77 valence electrons. The molecule has 1 radical (unpaired) electrons. The van der Waals surface area contributed by atoms with Gasteiger partial charge in [0.25, 0.3) is 0 Å². The molecule has 4 nitrogen and oxygen atoms in total. The van der Waals surface area contributed by atoms with Crippen molar-refractivity contribution in [1.82, 2.24) is 9.55 Å². The third-order valence-electron chi connectivity index (χ3n) is 2.12. The Morgan fingerprint density at radius 3 is 3.00 bits per heavy atom. The molecule has 0 aliphatic heterocycles. The minimum atomic E-state index is -0.582. The normalized spacial score (nSPS) is 10.6. The number of rotatable bonds is 1. The summed E-state index contributed by atoms with van der Waals surface area (Å²) in [6, 6.07) is 2.60. The Morgan fingerprint density at radius 2 is 2.33 bits per heavy atom. The third kappa shape index (κ3) is 1.45. The van der Waals surface area contributed by atoms with E-state index in [4.69, 9.17) is 0 Å². The van der Waals surface area contributed by atoms with Crippen molar-refractivity contribution in [2.45, 2.75) is 0 Å². The maximum atomic E-state index is 13.5. The lowest BCUT2D eigenvalue weighted by atomic mass is 10.2. The van der Waals surface area contributed by atoms with Crippen LogP contribution in [-0.4, -0.2) is 22.6 Å². The van der Waals surface area contributed by atoms with Crippen LogP contribution in [0.3, 0.4) is 0 Å². The van der Waals surface area contributed by atoms with Crippen LogP contribution >= 0.6 is 0 Å². The molecule has 2 aromatic rings. The number of imidazole rings is 1. The van der Waals surface area contributed by atoms with Gasteiger partial charge in [-0.2, -0.15) is 0 Å². The van der Waals surface area contributed by atoms with Gasteiger partial charge in [0.15, 0.2) is 6.33 Å². The smallest absolute Gasteiger partial charge is 0.338 e. The lowest BCUT2D eigenvalue weighted by molar-refractivity contribution is 0.0600. The van der Waals surface area contributed by atoms with Crippen LogP contribution in [0.1, 0.15) is 10.4 Å². The van der Waals surface area contributed by atoms with Crippen molar-refractivity contribution in [3.63, 3.8) is 0 Å². The summed E-state index contributed by atoms with van der Waals surface area (Å²) in [5.41, 5.74) is 0.857. The first kappa shape index (κ1) is 9.64. The molecule has 0 saturated carbocycles. The number of benzene rings is 1. The van der Waals surface area contributed by atoms with E-state index in [1.54, 1.807) is 7.05 Å². The first-order valence-electron chi connectivity index (χ1n) is 4.25. The molecule has 0 amide bonds. The second-order valence-corrected chi connectivity index (χ2v) is 3.09. The van der Waals surface area contributed by atoms with Crippen molar-refractivity contribution >= 4 is 17.0 Å². The predicted octanol–water partition coefficient (Wildman–Crippen LogP) is 1.30. The highest BCUT2D eigenvalue weighted by atomic mass is 19.1. The zero-order chi connectivity index (χ0) is 11.0. The Bertz CT molecular complexity index is 533. The second-order valence-electron chi connectivity index (χ2n) is 3.09. The van der Waals surface area contributed by atoms with Crippen molar-refractivity contribution in [2.75, 3.05) is 7.11 Å². The van der Waals surface area contributed by atoms with Gasteiger partial charge in [0, 0.05) is 7.05 Å². The number of methoxy groups -OCH3 is 1. The Kier molecular flexibility index (Phi) is 2.15. The number of ether oxygens (including phenoxy) is 1. The summed E-state index contributed by atoms with van der Waals surface area (Å²) in [5, 5.41) is 0. The summed E-state index contributed by atoms with van der Waals surface area (Å²) >= 11 is 0. The quantitative estimate of drug-likeness (QED) is 0.662. The highest BCUT2D eigenvalue weighted by Gasteiger charge is 2.13. The van der Waals surface area contributed by atoms with E-state index in [2.05, 4.69) is 16.0 Å². The summed E-state index contributed by atoms with van der Waals surface area (Å²) < 4.78 is 19.5. The molecule has 0 fully saturated rings. The molecule has 0 aliphatic carbocycles. The zero-order valence-corrected chi connectivity index (χ0v) is 8.24. The van der Waals surface area contributed by atoms with Gasteiger partial charge in [-0.05, 0) is 12.1 Å². The molecule has 0 saturated heterocycles. The summed E-state index contributed by atoms with van der Waals surface area (Å²) in [7, 11) is 2.88. The van der Waals surface area contributed by atoms with E-state index >= 15 is 0 Å². The van der Waals surface area contributed by atoms with Gasteiger partial charge in [0.1, 0.15) is 11.3 Å². The van der Waals surface area contributed by atoms with Crippen molar-refractivity contribution in [1.29, 1.82) is 0 Å². The molecule has 1 heterocycles. The van der Waals surface area contributed by atoms with Crippen molar-refractivity contribution in [3.05, 3.63) is 29.8 Å². The lowest BCUT2D eigenvalue weighted by Crippen LogP contribution is -2.02. The van der Waals surface area contributed by atoms with Crippen molar-refractivity contribution < 1.29 is 13.9 Å². The summed E-state index contributed by atoms with van der Waals surface area (Å²) in [6.07, 6.45) is 2.58. The Morgan fingerprint density at radius 1 is 1.60 bits per heavy atom.